The van der Waals surface area contributed by atoms with E-state index in [-0.39, 0.29) is 5.91 Å². The van der Waals surface area contributed by atoms with Crippen LogP contribution in [0.2, 0.25) is 0 Å². The molecule has 1 fully saturated rings. The molecule has 0 bridgehead atoms. The third kappa shape index (κ3) is 5.15. The number of rotatable bonds is 6. The van der Waals surface area contributed by atoms with Gasteiger partial charge in [0, 0.05) is 30.3 Å². The maximum Gasteiger partial charge on any atom is 0.251 e. The lowest BCUT2D eigenvalue weighted by atomic mass is 10.1. The van der Waals surface area contributed by atoms with Crippen LogP contribution in [0.15, 0.2) is 24.3 Å². The van der Waals surface area contributed by atoms with Crippen LogP contribution in [0, 0.1) is 0 Å². The second kappa shape index (κ2) is 8.54. The first-order chi connectivity index (χ1) is 10.7. The van der Waals surface area contributed by atoms with Gasteiger partial charge in [0.1, 0.15) is 0 Å². The van der Waals surface area contributed by atoms with Crippen molar-refractivity contribution in [1.82, 2.24) is 10.6 Å². The summed E-state index contributed by atoms with van der Waals surface area (Å²) < 4.78 is 0. The van der Waals surface area contributed by atoms with Crippen LogP contribution in [0.4, 0.5) is 0 Å². The monoisotopic (exact) mass is 303 g/mol. The molecule has 0 radical (unpaired) electrons. The van der Waals surface area contributed by atoms with Gasteiger partial charge in [-0.15, -0.1) is 0 Å². The van der Waals surface area contributed by atoms with Crippen molar-refractivity contribution in [3.63, 3.8) is 0 Å². The lowest BCUT2D eigenvalue weighted by Crippen LogP contribution is -2.36. The third-order valence-corrected chi connectivity index (χ3v) is 4.13. The highest BCUT2D eigenvalue weighted by atomic mass is 16.2. The average molecular weight is 303 g/mol. The van der Waals surface area contributed by atoms with Crippen LogP contribution in [0.5, 0.6) is 0 Å². The van der Waals surface area contributed by atoms with Gasteiger partial charge in [0.2, 0.25) is 5.91 Å². The van der Waals surface area contributed by atoms with E-state index in [4.69, 9.17) is 5.73 Å². The number of carbonyl (C=O) groups is 2. The minimum Gasteiger partial charge on any atom is -0.366 e. The summed E-state index contributed by atoms with van der Waals surface area (Å²) in [5.74, 6) is -0.613. The smallest absolute Gasteiger partial charge is 0.251 e. The molecule has 4 N–H and O–H groups in total. The van der Waals surface area contributed by atoms with E-state index in [1.165, 1.54) is 38.5 Å². The maximum absolute atomic E-state index is 12.0. The number of nitrogens with two attached hydrogens (primary N) is 1. The van der Waals surface area contributed by atoms with E-state index in [0.717, 1.165) is 6.54 Å². The number of hydrogen-bond donors (Lipinski definition) is 3. The molecule has 2 amide bonds. The zero-order chi connectivity index (χ0) is 15.8. The molecule has 1 aromatic carbocycles. The Balaban J connectivity index is 1.69. The number of nitrogens with one attached hydrogen (secondary N) is 2. The van der Waals surface area contributed by atoms with E-state index in [2.05, 4.69) is 10.6 Å². The molecule has 120 valence electrons. The van der Waals surface area contributed by atoms with E-state index in [0.29, 0.717) is 23.7 Å². The van der Waals surface area contributed by atoms with Gasteiger partial charge in [0.15, 0.2) is 0 Å². The summed E-state index contributed by atoms with van der Waals surface area (Å²) in [6.45, 7) is 1.39. The van der Waals surface area contributed by atoms with E-state index < -0.39 is 5.91 Å². The fraction of sp³-hybridized carbons (Fsp3) is 0.529. The van der Waals surface area contributed by atoms with Crippen molar-refractivity contribution in [2.45, 2.75) is 44.6 Å². The van der Waals surface area contributed by atoms with E-state index in [9.17, 15) is 9.59 Å². The van der Waals surface area contributed by atoms with Crippen molar-refractivity contribution in [3.8, 4) is 0 Å². The molecule has 22 heavy (non-hydrogen) atoms. The molecular formula is C17H25N3O2. The Morgan fingerprint density at radius 1 is 0.955 bits per heavy atom. The van der Waals surface area contributed by atoms with Crippen LogP contribution in [-0.2, 0) is 0 Å². The van der Waals surface area contributed by atoms with Crippen molar-refractivity contribution < 1.29 is 9.59 Å². The van der Waals surface area contributed by atoms with Gasteiger partial charge in [-0.2, -0.15) is 0 Å². The van der Waals surface area contributed by atoms with Crippen molar-refractivity contribution in [3.05, 3.63) is 35.4 Å². The van der Waals surface area contributed by atoms with Gasteiger partial charge in [-0.05, 0) is 37.1 Å². The highest BCUT2D eigenvalue weighted by Gasteiger charge is 2.11. The molecule has 0 heterocycles. The van der Waals surface area contributed by atoms with Crippen LogP contribution in [0.1, 0.15) is 59.2 Å². The van der Waals surface area contributed by atoms with E-state index in [1.54, 1.807) is 24.3 Å². The topological polar surface area (TPSA) is 84.2 Å². The Morgan fingerprint density at radius 2 is 1.55 bits per heavy atom. The van der Waals surface area contributed by atoms with Crippen molar-refractivity contribution >= 4 is 11.8 Å². The molecule has 0 aromatic heterocycles. The summed E-state index contributed by atoms with van der Waals surface area (Å²) in [5.41, 5.74) is 6.12. The van der Waals surface area contributed by atoms with Crippen LogP contribution < -0.4 is 16.4 Å². The Kier molecular flexibility index (Phi) is 6.40. The minimum absolute atomic E-state index is 0.126. The number of hydrogen-bond acceptors (Lipinski definition) is 3. The highest BCUT2D eigenvalue weighted by molar-refractivity contribution is 5.97. The molecule has 1 aliphatic rings. The van der Waals surface area contributed by atoms with Crippen LogP contribution in [0.25, 0.3) is 0 Å². The predicted octanol–water partition coefficient (Wildman–Crippen LogP) is 1.83. The molecule has 5 nitrogen and oxygen atoms in total. The minimum atomic E-state index is -0.487. The van der Waals surface area contributed by atoms with Gasteiger partial charge in [-0.25, -0.2) is 0 Å². The molecule has 0 unspecified atom stereocenters. The second-order valence-corrected chi connectivity index (χ2v) is 5.84. The molecule has 2 rings (SSSR count). The Morgan fingerprint density at radius 3 is 2.14 bits per heavy atom. The van der Waals surface area contributed by atoms with Gasteiger partial charge in [-0.3, -0.25) is 9.59 Å². The highest BCUT2D eigenvalue weighted by Crippen LogP contribution is 2.16. The van der Waals surface area contributed by atoms with Gasteiger partial charge in [0.05, 0.1) is 0 Å². The average Bonchev–Trinajstić information content (AvgIpc) is 2.80. The zero-order valence-electron chi connectivity index (χ0n) is 12.9. The van der Waals surface area contributed by atoms with E-state index in [1.807, 2.05) is 0 Å². The van der Waals surface area contributed by atoms with Crippen molar-refractivity contribution in [2.24, 2.45) is 5.73 Å². The van der Waals surface area contributed by atoms with Crippen molar-refractivity contribution in [2.75, 3.05) is 13.1 Å². The summed E-state index contributed by atoms with van der Waals surface area (Å²) in [4.78, 5) is 23.0. The number of benzene rings is 1. The van der Waals surface area contributed by atoms with Gasteiger partial charge in [-0.1, -0.05) is 25.7 Å². The number of amides is 2. The van der Waals surface area contributed by atoms with Gasteiger partial charge in [0.25, 0.3) is 5.91 Å². The SMILES string of the molecule is NC(=O)c1ccc(C(=O)NCCNC2CCCCCC2)cc1. The first-order valence-electron chi connectivity index (χ1n) is 8.08. The summed E-state index contributed by atoms with van der Waals surface area (Å²) in [6, 6.07) is 6.97. The first-order valence-corrected chi connectivity index (χ1v) is 8.08. The number of primary amides is 1. The standard InChI is InChI=1S/C17H25N3O2/c18-16(21)13-7-9-14(10-8-13)17(22)20-12-11-19-15-5-3-1-2-4-6-15/h7-10,15,19H,1-6,11-12H2,(H2,18,21)(H,20,22). The zero-order valence-corrected chi connectivity index (χ0v) is 12.9. The molecular weight excluding hydrogens is 278 g/mol. The Hall–Kier alpha value is -1.88. The quantitative estimate of drug-likeness (QED) is 0.553. The Labute approximate surface area is 131 Å². The lowest BCUT2D eigenvalue weighted by Gasteiger charge is -2.16. The summed E-state index contributed by atoms with van der Waals surface area (Å²) >= 11 is 0. The fourth-order valence-electron chi connectivity index (χ4n) is 2.82. The maximum atomic E-state index is 12.0. The molecule has 0 spiro atoms. The molecule has 0 saturated heterocycles. The largest absolute Gasteiger partial charge is 0.366 e. The number of carbonyl (C=O) groups excluding carboxylic acids is 2. The van der Waals surface area contributed by atoms with Crippen LogP contribution in [-0.4, -0.2) is 30.9 Å². The predicted molar refractivity (Wildman–Crippen MR) is 86.8 cm³/mol. The lowest BCUT2D eigenvalue weighted by molar-refractivity contribution is 0.0950. The van der Waals surface area contributed by atoms with Crippen LogP contribution in [0.3, 0.4) is 0 Å². The van der Waals surface area contributed by atoms with E-state index >= 15 is 0 Å². The molecule has 0 atom stereocenters. The first kappa shape index (κ1) is 16.5. The van der Waals surface area contributed by atoms with Gasteiger partial charge < -0.3 is 16.4 Å². The normalized spacial score (nSPS) is 16.0. The summed E-state index contributed by atoms with van der Waals surface area (Å²) in [7, 11) is 0. The van der Waals surface area contributed by atoms with Gasteiger partial charge >= 0.3 is 0 Å². The van der Waals surface area contributed by atoms with Crippen LogP contribution >= 0.6 is 0 Å². The van der Waals surface area contributed by atoms with Crippen molar-refractivity contribution in [1.29, 1.82) is 0 Å². The Bertz CT molecular complexity index is 491. The summed E-state index contributed by atoms with van der Waals surface area (Å²) in [5, 5.41) is 6.40. The molecule has 1 saturated carbocycles. The molecule has 5 heteroatoms. The third-order valence-electron chi connectivity index (χ3n) is 4.13. The second-order valence-electron chi connectivity index (χ2n) is 5.84. The fourth-order valence-corrected chi connectivity index (χ4v) is 2.82. The summed E-state index contributed by atoms with van der Waals surface area (Å²) in [6.07, 6.45) is 7.77. The molecule has 1 aromatic rings. The molecule has 0 aliphatic heterocycles. The molecule has 1 aliphatic carbocycles.